The zero-order chi connectivity index (χ0) is 11.5. The maximum atomic E-state index is 11.6. The van der Waals surface area contributed by atoms with E-state index in [9.17, 15) is 4.79 Å². The van der Waals surface area contributed by atoms with Crippen molar-refractivity contribution in [1.82, 2.24) is 10.2 Å². The van der Waals surface area contributed by atoms with E-state index in [0.717, 1.165) is 23.2 Å². The largest absolute Gasteiger partial charge is 0.333 e. The number of anilines is 1. The number of nitrogens with zero attached hydrogens (tertiary/aromatic N) is 1. The molecule has 2 N–H and O–H groups in total. The van der Waals surface area contributed by atoms with Gasteiger partial charge in [0, 0.05) is 23.2 Å². The van der Waals surface area contributed by atoms with Crippen LogP contribution in [-0.4, -0.2) is 37.1 Å². The molecule has 0 aromatic heterocycles. The van der Waals surface area contributed by atoms with Crippen molar-refractivity contribution in [2.75, 3.05) is 25.5 Å². The Hall–Kier alpha value is -1.07. The van der Waals surface area contributed by atoms with Crippen LogP contribution in [0.2, 0.25) is 0 Å². The van der Waals surface area contributed by atoms with Crippen LogP contribution in [0.5, 0.6) is 0 Å². The molecule has 2 rings (SSSR count). The van der Waals surface area contributed by atoms with Crippen molar-refractivity contribution in [3.63, 3.8) is 0 Å². The molecule has 2 amide bonds. The number of nitrogens with one attached hydrogen (secondary N) is 2. The van der Waals surface area contributed by atoms with E-state index in [1.54, 1.807) is 0 Å². The van der Waals surface area contributed by atoms with Gasteiger partial charge in [0.25, 0.3) is 0 Å². The molecule has 5 heteroatoms. The monoisotopic (exact) mass is 283 g/mol. The normalized spacial score (nSPS) is 16.6. The first-order chi connectivity index (χ1) is 7.63. The molecule has 0 radical (unpaired) electrons. The zero-order valence-corrected chi connectivity index (χ0v) is 10.6. The third-order valence-corrected chi connectivity index (χ3v) is 3.03. The molecule has 1 aliphatic rings. The molecule has 86 valence electrons. The Morgan fingerprint density at radius 1 is 1.38 bits per heavy atom. The number of likely N-dealkylation sites (N-methyl/N-ethyl adjacent to an activating group) is 1. The van der Waals surface area contributed by atoms with Gasteiger partial charge in [0.05, 0.1) is 6.04 Å². The Labute approximate surface area is 103 Å². The Morgan fingerprint density at radius 3 is 2.56 bits per heavy atom. The van der Waals surface area contributed by atoms with E-state index in [0.29, 0.717) is 0 Å². The number of hydrogen-bond acceptors (Lipinski definition) is 2. The summed E-state index contributed by atoms with van der Waals surface area (Å²) in [6.45, 7) is 1.85. The Morgan fingerprint density at radius 2 is 2.00 bits per heavy atom. The number of benzene rings is 1. The van der Waals surface area contributed by atoms with Gasteiger partial charge in [0.1, 0.15) is 0 Å². The van der Waals surface area contributed by atoms with Crippen molar-refractivity contribution in [3.8, 4) is 0 Å². The maximum Gasteiger partial charge on any atom is 0.319 e. The van der Waals surface area contributed by atoms with Gasteiger partial charge >= 0.3 is 6.03 Å². The second kappa shape index (κ2) is 4.84. The van der Waals surface area contributed by atoms with Gasteiger partial charge in [-0.3, -0.25) is 0 Å². The number of amides is 2. The molecule has 1 saturated heterocycles. The summed E-state index contributed by atoms with van der Waals surface area (Å²) in [4.78, 5) is 13.7. The van der Waals surface area contributed by atoms with Gasteiger partial charge in [-0.25, -0.2) is 4.79 Å². The molecule has 1 fully saturated rings. The highest BCUT2D eigenvalue weighted by molar-refractivity contribution is 9.10. The van der Waals surface area contributed by atoms with E-state index in [2.05, 4.69) is 31.5 Å². The lowest BCUT2D eigenvalue weighted by atomic mass is 10.1. The number of rotatable bonds is 2. The molecule has 1 aromatic carbocycles. The summed E-state index contributed by atoms with van der Waals surface area (Å²) >= 11 is 3.35. The van der Waals surface area contributed by atoms with E-state index in [1.807, 2.05) is 31.3 Å². The molecule has 1 heterocycles. The first-order valence-electron chi connectivity index (χ1n) is 5.15. The highest BCUT2D eigenvalue weighted by Crippen LogP contribution is 2.14. The van der Waals surface area contributed by atoms with Crippen LogP contribution in [0.3, 0.4) is 0 Å². The van der Waals surface area contributed by atoms with Crippen molar-refractivity contribution in [1.29, 1.82) is 0 Å². The smallest absolute Gasteiger partial charge is 0.319 e. The summed E-state index contributed by atoms with van der Waals surface area (Å²) in [7, 11) is 2.03. The number of urea groups is 1. The Balaban J connectivity index is 1.80. The van der Waals surface area contributed by atoms with Crippen molar-refractivity contribution < 1.29 is 4.79 Å². The molecule has 0 saturated carbocycles. The molecule has 1 aliphatic heterocycles. The van der Waals surface area contributed by atoms with Gasteiger partial charge in [-0.1, -0.05) is 15.9 Å². The number of carbonyl (C=O) groups excluding carboxylic acids is 1. The van der Waals surface area contributed by atoms with Gasteiger partial charge in [0.2, 0.25) is 0 Å². The van der Waals surface area contributed by atoms with Crippen LogP contribution < -0.4 is 10.6 Å². The predicted molar refractivity (Wildman–Crippen MR) is 67.6 cm³/mol. The molecular formula is C11H14BrN3O. The van der Waals surface area contributed by atoms with Crippen molar-refractivity contribution in [2.45, 2.75) is 6.04 Å². The highest BCUT2D eigenvalue weighted by atomic mass is 79.9. The zero-order valence-electron chi connectivity index (χ0n) is 9.03. The fraction of sp³-hybridized carbons (Fsp3) is 0.364. The minimum Gasteiger partial charge on any atom is -0.333 e. The summed E-state index contributed by atoms with van der Waals surface area (Å²) < 4.78 is 0.999. The average Bonchev–Trinajstić information content (AvgIpc) is 2.19. The number of likely N-dealkylation sites (tertiary alicyclic amines) is 1. The van der Waals surface area contributed by atoms with E-state index >= 15 is 0 Å². The minimum absolute atomic E-state index is 0.138. The van der Waals surface area contributed by atoms with E-state index in [4.69, 9.17) is 0 Å². The standard InChI is InChI=1S/C11H14BrN3O/c1-15-6-10(7-15)14-11(16)13-9-4-2-8(12)3-5-9/h2-5,10H,6-7H2,1H3,(H2,13,14,16). The first kappa shape index (κ1) is 11.4. The molecule has 0 unspecified atom stereocenters. The molecule has 0 aliphatic carbocycles. The van der Waals surface area contributed by atoms with Crippen LogP contribution in [-0.2, 0) is 0 Å². The van der Waals surface area contributed by atoms with Gasteiger partial charge in [-0.15, -0.1) is 0 Å². The first-order valence-corrected chi connectivity index (χ1v) is 5.94. The van der Waals surface area contributed by atoms with Crippen molar-refractivity contribution >= 4 is 27.6 Å². The lowest BCUT2D eigenvalue weighted by Crippen LogP contribution is -2.58. The molecule has 0 bridgehead atoms. The van der Waals surface area contributed by atoms with Crippen LogP contribution in [0.25, 0.3) is 0 Å². The average molecular weight is 284 g/mol. The number of halogens is 1. The van der Waals surface area contributed by atoms with Crippen molar-refractivity contribution in [2.24, 2.45) is 0 Å². The maximum absolute atomic E-state index is 11.6. The van der Waals surface area contributed by atoms with Crippen LogP contribution in [0, 0.1) is 0 Å². The summed E-state index contributed by atoms with van der Waals surface area (Å²) in [5.41, 5.74) is 0.799. The van der Waals surface area contributed by atoms with Crippen LogP contribution in [0.1, 0.15) is 0 Å². The predicted octanol–water partition coefficient (Wildman–Crippen LogP) is 1.88. The third-order valence-electron chi connectivity index (χ3n) is 2.50. The Kier molecular flexibility index (Phi) is 3.46. The lowest BCUT2D eigenvalue weighted by molar-refractivity contribution is 0.165. The second-order valence-corrected chi connectivity index (χ2v) is 4.94. The summed E-state index contributed by atoms with van der Waals surface area (Å²) in [6.07, 6.45) is 0. The Bertz CT molecular complexity index is 373. The van der Waals surface area contributed by atoms with Gasteiger partial charge in [0.15, 0.2) is 0 Å². The highest BCUT2D eigenvalue weighted by Gasteiger charge is 2.24. The van der Waals surface area contributed by atoms with Crippen LogP contribution >= 0.6 is 15.9 Å². The van der Waals surface area contributed by atoms with Gasteiger partial charge in [-0.2, -0.15) is 0 Å². The topological polar surface area (TPSA) is 44.4 Å². The molecular weight excluding hydrogens is 270 g/mol. The number of carbonyl (C=O) groups is 1. The van der Waals surface area contributed by atoms with E-state index in [-0.39, 0.29) is 12.1 Å². The molecule has 0 atom stereocenters. The molecule has 1 aromatic rings. The van der Waals surface area contributed by atoms with Gasteiger partial charge < -0.3 is 15.5 Å². The van der Waals surface area contributed by atoms with Crippen molar-refractivity contribution in [3.05, 3.63) is 28.7 Å². The minimum atomic E-state index is -0.138. The summed E-state index contributed by atoms with van der Waals surface area (Å²) in [5.74, 6) is 0. The van der Waals surface area contributed by atoms with Gasteiger partial charge in [-0.05, 0) is 31.3 Å². The number of hydrogen-bond donors (Lipinski definition) is 2. The van der Waals surface area contributed by atoms with E-state index in [1.165, 1.54) is 0 Å². The quantitative estimate of drug-likeness (QED) is 0.871. The summed E-state index contributed by atoms with van der Waals surface area (Å²) in [5, 5.41) is 5.70. The fourth-order valence-corrected chi connectivity index (χ4v) is 1.94. The third kappa shape index (κ3) is 2.96. The van der Waals surface area contributed by atoms with Crippen LogP contribution in [0.15, 0.2) is 28.7 Å². The second-order valence-electron chi connectivity index (χ2n) is 4.02. The lowest BCUT2D eigenvalue weighted by Gasteiger charge is -2.36. The van der Waals surface area contributed by atoms with Crippen LogP contribution in [0.4, 0.5) is 10.5 Å². The molecule has 4 nitrogen and oxygen atoms in total. The SMILES string of the molecule is CN1CC(NC(=O)Nc2ccc(Br)cc2)C1. The van der Waals surface area contributed by atoms with E-state index < -0.39 is 0 Å². The molecule has 16 heavy (non-hydrogen) atoms. The fourth-order valence-electron chi connectivity index (χ4n) is 1.68. The molecule has 0 spiro atoms. The summed E-state index contributed by atoms with van der Waals surface area (Å²) in [6, 6.07) is 7.65.